The van der Waals surface area contributed by atoms with Crippen LogP contribution in [0.1, 0.15) is 28.4 Å². The first-order valence-corrected chi connectivity index (χ1v) is 5.48. The van der Waals surface area contributed by atoms with Gasteiger partial charge in [0, 0.05) is 5.56 Å². The van der Waals surface area contributed by atoms with E-state index in [1.807, 2.05) is 0 Å². The van der Waals surface area contributed by atoms with E-state index in [9.17, 15) is 14.7 Å². The molecule has 0 fully saturated rings. The summed E-state index contributed by atoms with van der Waals surface area (Å²) in [7, 11) is 0. The van der Waals surface area contributed by atoms with Crippen molar-refractivity contribution >= 4 is 23.4 Å². The average molecular weight is 257 g/mol. The van der Waals surface area contributed by atoms with Crippen LogP contribution in [-0.4, -0.2) is 23.5 Å². The Hall–Kier alpha value is -1.55. The molecule has 0 aliphatic heterocycles. The van der Waals surface area contributed by atoms with E-state index in [0.29, 0.717) is 5.56 Å². The molecule has 0 atom stereocenters. The standard InChI is InChI=1S/C12H13ClO4/c1-4-17-12(16)11(15)9-7(3)10(14)6(2)5-8(9)13/h5,14H,4H2,1-3H3. The van der Waals surface area contributed by atoms with Crippen molar-refractivity contribution in [3.05, 3.63) is 27.8 Å². The molecular weight excluding hydrogens is 244 g/mol. The highest BCUT2D eigenvalue weighted by Crippen LogP contribution is 2.31. The van der Waals surface area contributed by atoms with Crippen LogP contribution in [0, 0.1) is 13.8 Å². The van der Waals surface area contributed by atoms with Crippen molar-refractivity contribution < 1.29 is 19.4 Å². The number of esters is 1. The Labute approximate surface area is 104 Å². The number of carbonyl (C=O) groups excluding carboxylic acids is 2. The number of ether oxygens (including phenoxy) is 1. The Balaban J connectivity index is 3.28. The number of rotatable bonds is 3. The van der Waals surface area contributed by atoms with Crippen molar-refractivity contribution in [3.63, 3.8) is 0 Å². The molecule has 0 spiro atoms. The smallest absolute Gasteiger partial charge is 0.379 e. The van der Waals surface area contributed by atoms with Gasteiger partial charge < -0.3 is 9.84 Å². The van der Waals surface area contributed by atoms with Gasteiger partial charge in [-0.1, -0.05) is 11.6 Å². The Morgan fingerprint density at radius 1 is 1.41 bits per heavy atom. The summed E-state index contributed by atoms with van der Waals surface area (Å²) in [6.45, 7) is 4.90. The Morgan fingerprint density at radius 2 is 2.00 bits per heavy atom. The van der Waals surface area contributed by atoms with E-state index in [0.717, 1.165) is 0 Å². The fourth-order valence-electron chi connectivity index (χ4n) is 1.50. The molecule has 0 aromatic heterocycles. The van der Waals surface area contributed by atoms with Gasteiger partial charge in [-0.3, -0.25) is 4.79 Å². The van der Waals surface area contributed by atoms with Crippen LogP contribution < -0.4 is 0 Å². The topological polar surface area (TPSA) is 63.6 Å². The van der Waals surface area contributed by atoms with Gasteiger partial charge in [-0.05, 0) is 32.4 Å². The van der Waals surface area contributed by atoms with Gasteiger partial charge in [-0.2, -0.15) is 0 Å². The molecule has 5 heteroatoms. The maximum Gasteiger partial charge on any atom is 0.379 e. The van der Waals surface area contributed by atoms with Crippen LogP contribution in [0.2, 0.25) is 5.02 Å². The van der Waals surface area contributed by atoms with E-state index >= 15 is 0 Å². The lowest BCUT2D eigenvalue weighted by Crippen LogP contribution is -2.19. The second-order valence-corrected chi connectivity index (χ2v) is 3.98. The summed E-state index contributed by atoms with van der Waals surface area (Å²) < 4.78 is 4.61. The van der Waals surface area contributed by atoms with E-state index in [1.165, 1.54) is 13.0 Å². The molecule has 0 saturated heterocycles. The first-order chi connectivity index (χ1) is 7.90. The molecule has 92 valence electrons. The maximum atomic E-state index is 11.8. The number of halogens is 1. The number of Topliss-reactive ketones (excluding diaryl/α,β-unsaturated/α-hetero) is 1. The van der Waals surface area contributed by atoms with Crippen LogP contribution in [0.25, 0.3) is 0 Å². The van der Waals surface area contributed by atoms with Crippen LogP contribution in [0.5, 0.6) is 5.75 Å². The predicted molar refractivity (Wildman–Crippen MR) is 63.6 cm³/mol. The lowest BCUT2D eigenvalue weighted by molar-refractivity contribution is -0.137. The fraction of sp³-hybridized carbons (Fsp3) is 0.333. The number of hydrogen-bond donors (Lipinski definition) is 1. The summed E-state index contributed by atoms with van der Waals surface area (Å²) in [5.74, 6) is -1.85. The van der Waals surface area contributed by atoms with Gasteiger partial charge in [0.2, 0.25) is 0 Å². The third kappa shape index (κ3) is 2.58. The SMILES string of the molecule is CCOC(=O)C(=O)c1c(Cl)cc(C)c(O)c1C. The minimum atomic E-state index is -0.972. The number of carbonyl (C=O) groups is 2. The van der Waals surface area contributed by atoms with E-state index in [1.54, 1.807) is 13.8 Å². The van der Waals surface area contributed by atoms with Gasteiger partial charge >= 0.3 is 5.97 Å². The third-order valence-electron chi connectivity index (χ3n) is 2.37. The van der Waals surface area contributed by atoms with Crippen LogP contribution in [-0.2, 0) is 9.53 Å². The van der Waals surface area contributed by atoms with Gasteiger partial charge in [0.25, 0.3) is 5.78 Å². The molecule has 1 N–H and O–H groups in total. The van der Waals surface area contributed by atoms with Crippen molar-refractivity contribution in [2.45, 2.75) is 20.8 Å². The molecule has 17 heavy (non-hydrogen) atoms. The zero-order chi connectivity index (χ0) is 13.2. The number of ketones is 1. The van der Waals surface area contributed by atoms with Crippen LogP contribution in [0.4, 0.5) is 0 Å². The van der Waals surface area contributed by atoms with Crippen LogP contribution in [0.15, 0.2) is 6.07 Å². The highest BCUT2D eigenvalue weighted by atomic mass is 35.5. The van der Waals surface area contributed by atoms with Crippen molar-refractivity contribution in [2.75, 3.05) is 6.61 Å². The number of aryl methyl sites for hydroxylation is 1. The monoisotopic (exact) mass is 256 g/mol. The molecule has 0 unspecified atom stereocenters. The minimum Gasteiger partial charge on any atom is -0.507 e. The second-order valence-electron chi connectivity index (χ2n) is 3.57. The summed E-state index contributed by atoms with van der Waals surface area (Å²) in [6.07, 6.45) is 0. The van der Waals surface area contributed by atoms with Gasteiger partial charge in [0.15, 0.2) is 0 Å². The maximum absolute atomic E-state index is 11.8. The molecular formula is C12H13ClO4. The normalized spacial score (nSPS) is 10.1. The summed E-state index contributed by atoms with van der Waals surface area (Å²) in [5, 5.41) is 9.84. The lowest BCUT2D eigenvalue weighted by Gasteiger charge is -2.10. The zero-order valence-corrected chi connectivity index (χ0v) is 10.6. The minimum absolute atomic E-state index is 0.00628. The van der Waals surface area contributed by atoms with Crippen molar-refractivity contribution in [1.82, 2.24) is 0 Å². The number of benzene rings is 1. The van der Waals surface area contributed by atoms with Gasteiger partial charge in [-0.25, -0.2) is 4.79 Å². The van der Waals surface area contributed by atoms with E-state index in [-0.39, 0.29) is 28.5 Å². The van der Waals surface area contributed by atoms with E-state index in [2.05, 4.69) is 4.74 Å². The molecule has 1 aromatic rings. The predicted octanol–water partition coefficient (Wildman–Crippen LogP) is 2.41. The number of phenols is 1. The van der Waals surface area contributed by atoms with Gasteiger partial charge in [-0.15, -0.1) is 0 Å². The molecule has 0 saturated carbocycles. The van der Waals surface area contributed by atoms with Crippen LogP contribution >= 0.6 is 11.6 Å². The summed E-state index contributed by atoms with van der Waals surface area (Å²) in [6, 6.07) is 1.44. The number of aromatic hydroxyl groups is 1. The summed E-state index contributed by atoms with van der Waals surface area (Å²) in [5.41, 5.74) is 0.828. The van der Waals surface area contributed by atoms with Crippen molar-refractivity contribution in [1.29, 1.82) is 0 Å². The Bertz CT molecular complexity index is 480. The zero-order valence-electron chi connectivity index (χ0n) is 9.83. The molecule has 4 nitrogen and oxygen atoms in total. The first-order valence-electron chi connectivity index (χ1n) is 5.10. The molecule has 0 aliphatic carbocycles. The quantitative estimate of drug-likeness (QED) is 0.512. The van der Waals surface area contributed by atoms with Crippen LogP contribution in [0.3, 0.4) is 0 Å². The highest BCUT2D eigenvalue weighted by Gasteiger charge is 2.24. The van der Waals surface area contributed by atoms with Crippen molar-refractivity contribution in [2.24, 2.45) is 0 Å². The van der Waals surface area contributed by atoms with E-state index in [4.69, 9.17) is 11.6 Å². The fourth-order valence-corrected chi connectivity index (χ4v) is 1.89. The van der Waals surface area contributed by atoms with Gasteiger partial charge in [0.1, 0.15) is 5.75 Å². The van der Waals surface area contributed by atoms with E-state index < -0.39 is 11.8 Å². The molecule has 1 rings (SSSR count). The third-order valence-corrected chi connectivity index (χ3v) is 2.67. The first kappa shape index (κ1) is 13.5. The summed E-state index contributed by atoms with van der Waals surface area (Å²) >= 11 is 5.91. The second kappa shape index (κ2) is 5.19. The molecule has 0 amide bonds. The Kier molecular flexibility index (Phi) is 4.12. The number of phenolic OH excluding ortho intramolecular Hbond substituents is 1. The number of hydrogen-bond acceptors (Lipinski definition) is 4. The molecule has 0 bridgehead atoms. The molecule has 0 radical (unpaired) electrons. The molecule has 0 heterocycles. The van der Waals surface area contributed by atoms with Crippen molar-refractivity contribution in [3.8, 4) is 5.75 Å². The highest BCUT2D eigenvalue weighted by molar-refractivity contribution is 6.46. The largest absolute Gasteiger partial charge is 0.507 e. The summed E-state index contributed by atoms with van der Waals surface area (Å²) in [4.78, 5) is 23.1. The molecule has 1 aromatic carbocycles. The lowest BCUT2D eigenvalue weighted by atomic mass is 10.0. The average Bonchev–Trinajstić information content (AvgIpc) is 2.26. The molecule has 0 aliphatic rings. The Morgan fingerprint density at radius 3 is 2.53 bits per heavy atom. The van der Waals surface area contributed by atoms with Gasteiger partial charge in [0.05, 0.1) is 17.2 Å².